The lowest BCUT2D eigenvalue weighted by atomic mass is 10.2. The summed E-state index contributed by atoms with van der Waals surface area (Å²) in [4.78, 5) is 11.7. The maximum Gasteiger partial charge on any atom is 0.271 e. The molecule has 96 valence electrons. The molecule has 0 aliphatic carbocycles. The number of amides is 1. The smallest absolute Gasteiger partial charge is 0.271 e. The van der Waals surface area contributed by atoms with Gasteiger partial charge in [-0.05, 0) is 54.1 Å². The number of halogens is 1. The van der Waals surface area contributed by atoms with Crippen LogP contribution < -0.4 is 5.43 Å². The van der Waals surface area contributed by atoms with Gasteiger partial charge in [0.25, 0.3) is 5.91 Å². The van der Waals surface area contributed by atoms with Crippen molar-refractivity contribution in [3.05, 3.63) is 64.1 Å². The quantitative estimate of drug-likeness (QED) is 0.675. The van der Waals surface area contributed by atoms with Crippen LogP contribution in [0, 0.1) is 0 Å². The number of phenols is 1. The third-order valence-corrected chi connectivity index (χ3v) is 2.91. The molecule has 0 fully saturated rings. The Morgan fingerprint density at radius 2 is 1.74 bits per heavy atom. The summed E-state index contributed by atoms with van der Waals surface area (Å²) in [5, 5.41) is 13.0. The molecule has 2 aromatic rings. The molecule has 2 rings (SSSR count). The SMILES string of the molecule is O=C(N/N=C\c1ccc(O)cc1)c1ccc(Br)cc1. The minimum absolute atomic E-state index is 0.191. The summed E-state index contributed by atoms with van der Waals surface area (Å²) in [6.45, 7) is 0. The normalized spacial score (nSPS) is 10.6. The molecule has 0 aliphatic heterocycles. The van der Waals surface area contributed by atoms with Crippen LogP contribution in [0.4, 0.5) is 0 Å². The van der Waals surface area contributed by atoms with Crippen LogP contribution in [0.15, 0.2) is 58.1 Å². The molecule has 2 N–H and O–H groups in total. The van der Waals surface area contributed by atoms with Gasteiger partial charge in [0.1, 0.15) is 5.75 Å². The summed E-state index contributed by atoms with van der Waals surface area (Å²) in [6, 6.07) is 13.5. The Bertz CT molecular complexity index is 592. The van der Waals surface area contributed by atoms with Crippen LogP contribution in [0.2, 0.25) is 0 Å². The first kappa shape index (κ1) is 13.3. The number of nitrogens with zero attached hydrogens (tertiary/aromatic N) is 1. The van der Waals surface area contributed by atoms with E-state index in [4.69, 9.17) is 5.11 Å². The predicted octanol–water partition coefficient (Wildman–Crippen LogP) is 2.92. The lowest BCUT2D eigenvalue weighted by Gasteiger charge is -1.99. The van der Waals surface area contributed by atoms with Crippen molar-refractivity contribution in [2.45, 2.75) is 0 Å². The molecule has 0 radical (unpaired) electrons. The summed E-state index contributed by atoms with van der Waals surface area (Å²) in [5.41, 5.74) is 3.75. The van der Waals surface area contributed by atoms with Gasteiger partial charge in [0, 0.05) is 10.0 Å². The fourth-order valence-corrected chi connectivity index (χ4v) is 1.66. The summed E-state index contributed by atoms with van der Waals surface area (Å²) in [6.07, 6.45) is 1.51. The van der Waals surface area contributed by atoms with Crippen molar-refractivity contribution >= 4 is 28.1 Å². The number of hydrogen-bond donors (Lipinski definition) is 2. The number of benzene rings is 2. The van der Waals surface area contributed by atoms with Gasteiger partial charge in [-0.25, -0.2) is 5.43 Å². The average Bonchev–Trinajstić information content (AvgIpc) is 2.41. The number of nitrogens with one attached hydrogen (secondary N) is 1. The van der Waals surface area contributed by atoms with E-state index in [1.807, 2.05) is 0 Å². The number of carbonyl (C=O) groups excluding carboxylic acids is 1. The fourth-order valence-electron chi connectivity index (χ4n) is 1.39. The van der Waals surface area contributed by atoms with Crippen LogP contribution in [-0.2, 0) is 0 Å². The lowest BCUT2D eigenvalue weighted by Crippen LogP contribution is -2.17. The van der Waals surface area contributed by atoms with Crippen molar-refractivity contribution in [3.8, 4) is 5.75 Å². The second kappa shape index (κ2) is 6.15. The highest BCUT2D eigenvalue weighted by molar-refractivity contribution is 9.10. The zero-order valence-electron chi connectivity index (χ0n) is 9.88. The molecule has 0 atom stereocenters. The highest BCUT2D eigenvalue weighted by Gasteiger charge is 2.02. The van der Waals surface area contributed by atoms with E-state index in [1.165, 1.54) is 6.21 Å². The van der Waals surface area contributed by atoms with Gasteiger partial charge in [0.15, 0.2) is 0 Å². The maximum absolute atomic E-state index is 11.7. The van der Waals surface area contributed by atoms with Gasteiger partial charge < -0.3 is 5.11 Å². The topological polar surface area (TPSA) is 61.7 Å². The fraction of sp³-hybridized carbons (Fsp3) is 0. The summed E-state index contributed by atoms with van der Waals surface area (Å²) in [5.74, 6) is -0.0847. The lowest BCUT2D eigenvalue weighted by molar-refractivity contribution is 0.0955. The van der Waals surface area contributed by atoms with E-state index in [2.05, 4.69) is 26.5 Å². The highest BCUT2D eigenvalue weighted by atomic mass is 79.9. The summed E-state index contributed by atoms with van der Waals surface area (Å²) in [7, 11) is 0. The second-order valence-corrected chi connectivity index (χ2v) is 4.71. The van der Waals surface area contributed by atoms with E-state index in [0.29, 0.717) is 5.56 Å². The molecule has 1 amide bonds. The van der Waals surface area contributed by atoms with Gasteiger partial charge in [-0.2, -0.15) is 5.10 Å². The zero-order valence-corrected chi connectivity index (χ0v) is 11.5. The van der Waals surface area contributed by atoms with Crippen LogP contribution in [-0.4, -0.2) is 17.2 Å². The molecule has 0 spiro atoms. The molecule has 0 saturated heterocycles. The van der Waals surface area contributed by atoms with E-state index in [1.54, 1.807) is 48.5 Å². The first-order chi connectivity index (χ1) is 9.15. The summed E-state index contributed by atoms with van der Waals surface area (Å²) < 4.78 is 0.914. The van der Waals surface area contributed by atoms with Gasteiger partial charge >= 0.3 is 0 Å². The zero-order chi connectivity index (χ0) is 13.7. The van der Waals surface area contributed by atoms with Crippen molar-refractivity contribution in [1.29, 1.82) is 0 Å². The highest BCUT2D eigenvalue weighted by Crippen LogP contribution is 2.10. The molecule has 4 nitrogen and oxygen atoms in total. The van der Waals surface area contributed by atoms with Gasteiger partial charge in [-0.15, -0.1) is 0 Å². The molecule has 5 heteroatoms. The van der Waals surface area contributed by atoms with Gasteiger partial charge in [0.05, 0.1) is 6.21 Å². The Labute approximate surface area is 118 Å². The number of rotatable bonds is 3. The minimum atomic E-state index is -0.275. The van der Waals surface area contributed by atoms with E-state index in [9.17, 15) is 4.79 Å². The Hall–Kier alpha value is -2.14. The monoisotopic (exact) mass is 318 g/mol. The molecule has 19 heavy (non-hydrogen) atoms. The Kier molecular flexibility index (Phi) is 4.30. The molecular weight excluding hydrogens is 308 g/mol. The van der Waals surface area contributed by atoms with Crippen molar-refractivity contribution in [3.63, 3.8) is 0 Å². The molecule has 0 heterocycles. The van der Waals surface area contributed by atoms with Gasteiger partial charge in [-0.1, -0.05) is 15.9 Å². The number of hydrogen-bond acceptors (Lipinski definition) is 3. The van der Waals surface area contributed by atoms with E-state index >= 15 is 0 Å². The van der Waals surface area contributed by atoms with Crippen LogP contribution in [0.25, 0.3) is 0 Å². The number of aromatic hydroxyl groups is 1. The number of hydrazone groups is 1. The number of carbonyl (C=O) groups is 1. The van der Waals surface area contributed by atoms with Crippen molar-refractivity contribution in [1.82, 2.24) is 5.43 Å². The third-order valence-electron chi connectivity index (χ3n) is 2.38. The van der Waals surface area contributed by atoms with Crippen molar-refractivity contribution in [2.24, 2.45) is 5.10 Å². The molecular formula is C14H11BrN2O2. The molecule has 0 saturated carbocycles. The van der Waals surface area contributed by atoms with Gasteiger partial charge in [0.2, 0.25) is 0 Å². The molecule has 0 bridgehead atoms. The van der Waals surface area contributed by atoms with Crippen molar-refractivity contribution < 1.29 is 9.90 Å². The molecule has 0 aliphatic rings. The number of phenolic OH excluding ortho intramolecular Hbond substituents is 1. The maximum atomic E-state index is 11.7. The van der Waals surface area contributed by atoms with E-state index < -0.39 is 0 Å². The first-order valence-electron chi connectivity index (χ1n) is 5.53. The standard InChI is InChI=1S/C14H11BrN2O2/c15-12-5-3-11(4-6-12)14(19)17-16-9-10-1-7-13(18)8-2-10/h1-9,18H,(H,17,19)/b16-9-. The second-order valence-electron chi connectivity index (χ2n) is 3.80. The Balaban J connectivity index is 1.96. The Morgan fingerprint density at radius 1 is 1.11 bits per heavy atom. The Morgan fingerprint density at radius 3 is 2.37 bits per heavy atom. The van der Waals surface area contributed by atoms with Crippen LogP contribution in [0.5, 0.6) is 5.75 Å². The van der Waals surface area contributed by atoms with Crippen LogP contribution in [0.1, 0.15) is 15.9 Å². The minimum Gasteiger partial charge on any atom is -0.508 e. The molecule has 0 aromatic heterocycles. The van der Waals surface area contributed by atoms with E-state index in [-0.39, 0.29) is 11.7 Å². The van der Waals surface area contributed by atoms with Crippen LogP contribution >= 0.6 is 15.9 Å². The molecule has 2 aromatic carbocycles. The predicted molar refractivity (Wildman–Crippen MR) is 77.3 cm³/mol. The van der Waals surface area contributed by atoms with E-state index in [0.717, 1.165) is 10.0 Å². The average molecular weight is 319 g/mol. The van der Waals surface area contributed by atoms with Gasteiger partial charge in [-0.3, -0.25) is 4.79 Å². The van der Waals surface area contributed by atoms with Crippen LogP contribution in [0.3, 0.4) is 0 Å². The third kappa shape index (κ3) is 3.93. The molecule has 0 unspecified atom stereocenters. The van der Waals surface area contributed by atoms with Crippen molar-refractivity contribution in [2.75, 3.05) is 0 Å². The first-order valence-corrected chi connectivity index (χ1v) is 6.32. The summed E-state index contributed by atoms with van der Waals surface area (Å²) >= 11 is 3.30. The largest absolute Gasteiger partial charge is 0.508 e.